The average Bonchev–Trinajstić information content (AvgIpc) is 2.58. The molecule has 2 fully saturated rings. The molecule has 92 valence electrons. The predicted octanol–water partition coefficient (Wildman–Crippen LogP) is 0.406. The fourth-order valence-electron chi connectivity index (χ4n) is 2.98. The molecule has 4 nitrogen and oxygen atoms in total. The van der Waals surface area contributed by atoms with Crippen molar-refractivity contribution in [1.82, 2.24) is 10.6 Å². The second-order valence-electron chi connectivity index (χ2n) is 5.11. The average molecular weight is 226 g/mol. The number of aliphatic hydroxyl groups excluding tert-OH is 1. The summed E-state index contributed by atoms with van der Waals surface area (Å²) in [6.45, 7) is 0.755. The van der Waals surface area contributed by atoms with Crippen molar-refractivity contribution in [3.63, 3.8) is 0 Å². The summed E-state index contributed by atoms with van der Waals surface area (Å²) in [7, 11) is 0. The van der Waals surface area contributed by atoms with Gasteiger partial charge in [0.2, 0.25) is 5.91 Å². The van der Waals surface area contributed by atoms with Gasteiger partial charge in [-0.15, -0.1) is 0 Å². The number of carbonyl (C=O) groups excluding carboxylic acids is 1. The fraction of sp³-hybridized carbons (Fsp3) is 0.917. The van der Waals surface area contributed by atoms with Crippen LogP contribution in [0.3, 0.4) is 0 Å². The molecule has 2 unspecified atom stereocenters. The lowest BCUT2D eigenvalue weighted by molar-refractivity contribution is -0.122. The minimum atomic E-state index is 0.151. The van der Waals surface area contributed by atoms with Gasteiger partial charge in [0.15, 0.2) is 0 Å². The molecule has 2 aliphatic rings. The summed E-state index contributed by atoms with van der Waals surface area (Å²) < 4.78 is 0. The smallest absolute Gasteiger partial charge is 0.220 e. The zero-order chi connectivity index (χ0) is 11.4. The number of aliphatic hydroxyl groups is 1. The normalized spacial score (nSPS) is 32.7. The van der Waals surface area contributed by atoms with Gasteiger partial charge in [0.25, 0.3) is 0 Å². The van der Waals surface area contributed by atoms with Crippen molar-refractivity contribution in [3.8, 4) is 0 Å². The Kier molecular flexibility index (Phi) is 4.18. The van der Waals surface area contributed by atoms with Gasteiger partial charge in [0.05, 0.1) is 0 Å². The van der Waals surface area contributed by atoms with E-state index in [0.29, 0.717) is 37.4 Å². The molecule has 0 aliphatic carbocycles. The van der Waals surface area contributed by atoms with Crippen molar-refractivity contribution < 1.29 is 9.90 Å². The summed E-state index contributed by atoms with van der Waals surface area (Å²) in [5.41, 5.74) is 0. The molecule has 2 saturated heterocycles. The van der Waals surface area contributed by atoms with Crippen LogP contribution >= 0.6 is 0 Å². The van der Waals surface area contributed by atoms with Crippen molar-refractivity contribution in [2.24, 2.45) is 5.92 Å². The van der Waals surface area contributed by atoms with Crippen molar-refractivity contribution in [3.05, 3.63) is 0 Å². The highest BCUT2D eigenvalue weighted by Gasteiger charge is 2.33. The molecule has 4 heteroatoms. The highest BCUT2D eigenvalue weighted by Crippen LogP contribution is 2.32. The molecule has 3 N–H and O–H groups in total. The quantitative estimate of drug-likeness (QED) is 0.595. The first kappa shape index (κ1) is 11.9. The Bertz CT molecular complexity index is 233. The standard InChI is InChI=1S/C12H22N2O2/c15-5-1-4-13-12(16)8-9-6-10-2-3-11(7-9)14-10/h9-11,14-15H,1-8H2,(H,13,16). The molecule has 16 heavy (non-hydrogen) atoms. The van der Waals surface area contributed by atoms with Crippen molar-refractivity contribution in [2.45, 2.75) is 50.6 Å². The highest BCUT2D eigenvalue weighted by atomic mass is 16.3. The second kappa shape index (κ2) is 5.64. The van der Waals surface area contributed by atoms with Crippen LogP contribution in [0.2, 0.25) is 0 Å². The van der Waals surface area contributed by atoms with E-state index in [9.17, 15) is 4.79 Å². The van der Waals surface area contributed by atoms with E-state index in [4.69, 9.17) is 5.11 Å². The molecular weight excluding hydrogens is 204 g/mol. The molecule has 0 aromatic heterocycles. The maximum Gasteiger partial charge on any atom is 0.220 e. The van der Waals surface area contributed by atoms with Crippen LogP contribution in [0.5, 0.6) is 0 Å². The first-order chi connectivity index (χ1) is 7.78. The zero-order valence-corrected chi connectivity index (χ0v) is 9.74. The number of amides is 1. The number of nitrogens with one attached hydrogen (secondary N) is 2. The molecule has 0 saturated carbocycles. The minimum absolute atomic E-state index is 0.151. The molecule has 0 aromatic carbocycles. The van der Waals surface area contributed by atoms with E-state index in [1.165, 1.54) is 12.8 Å². The Labute approximate surface area is 96.8 Å². The van der Waals surface area contributed by atoms with Crippen LogP contribution in [0.1, 0.15) is 38.5 Å². The number of fused-ring (bicyclic) bond motifs is 2. The van der Waals surface area contributed by atoms with Gasteiger partial charge in [-0.2, -0.15) is 0 Å². The van der Waals surface area contributed by atoms with E-state index in [2.05, 4.69) is 10.6 Å². The Morgan fingerprint density at radius 2 is 2.00 bits per heavy atom. The molecule has 0 aromatic rings. The van der Waals surface area contributed by atoms with Crippen LogP contribution in [0.25, 0.3) is 0 Å². The Morgan fingerprint density at radius 1 is 1.31 bits per heavy atom. The van der Waals surface area contributed by atoms with Gasteiger partial charge in [-0.05, 0) is 38.0 Å². The zero-order valence-electron chi connectivity index (χ0n) is 9.74. The van der Waals surface area contributed by atoms with Crippen molar-refractivity contribution in [1.29, 1.82) is 0 Å². The van der Waals surface area contributed by atoms with E-state index in [0.717, 1.165) is 12.8 Å². The van der Waals surface area contributed by atoms with E-state index in [1.807, 2.05) is 0 Å². The molecule has 2 rings (SSSR count). The van der Waals surface area contributed by atoms with E-state index >= 15 is 0 Å². The van der Waals surface area contributed by atoms with Gasteiger partial charge in [-0.3, -0.25) is 4.79 Å². The molecule has 2 heterocycles. The molecule has 1 amide bonds. The summed E-state index contributed by atoms with van der Waals surface area (Å²) in [5.74, 6) is 0.715. The Balaban J connectivity index is 1.67. The number of carbonyl (C=O) groups is 1. The Morgan fingerprint density at radius 3 is 2.62 bits per heavy atom. The van der Waals surface area contributed by atoms with Crippen molar-refractivity contribution >= 4 is 5.91 Å². The van der Waals surface area contributed by atoms with Gasteiger partial charge >= 0.3 is 0 Å². The maximum absolute atomic E-state index is 11.6. The third-order valence-corrected chi connectivity index (χ3v) is 3.70. The van der Waals surface area contributed by atoms with Crippen LogP contribution in [0, 0.1) is 5.92 Å². The number of hydrogen-bond acceptors (Lipinski definition) is 3. The van der Waals surface area contributed by atoms with Crippen molar-refractivity contribution in [2.75, 3.05) is 13.2 Å². The first-order valence-corrected chi connectivity index (χ1v) is 6.41. The van der Waals surface area contributed by atoms with Gasteiger partial charge in [0, 0.05) is 31.7 Å². The molecule has 2 atom stereocenters. The van der Waals surface area contributed by atoms with Crippen LogP contribution < -0.4 is 10.6 Å². The molecule has 2 aliphatic heterocycles. The Hall–Kier alpha value is -0.610. The van der Waals surface area contributed by atoms with Gasteiger partial charge in [-0.1, -0.05) is 0 Å². The lowest BCUT2D eigenvalue weighted by Gasteiger charge is -2.28. The number of piperidine rings is 1. The lowest BCUT2D eigenvalue weighted by atomic mass is 9.89. The van der Waals surface area contributed by atoms with E-state index in [-0.39, 0.29) is 12.5 Å². The van der Waals surface area contributed by atoms with Crippen LogP contribution in [-0.2, 0) is 4.79 Å². The van der Waals surface area contributed by atoms with E-state index < -0.39 is 0 Å². The van der Waals surface area contributed by atoms with Crippen LogP contribution in [-0.4, -0.2) is 36.2 Å². The predicted molar refractivity (Wildman–Crippen MR) is 62.0 cm³/mol. The third kappa shape index (κ3) is 3.19. The summed E-state index contributed by atoms with van der Waals surface area (Å²) >= 11 is 0. The van der Waals surface area contributed by atoms with Gasteiger partial charge in [0.1, 0.15) is 0 Å². The second-order valence-corrected chi connectivity index (χ2v) is 5.11. The molecule has 0 radical (unpaired) electrons. The van der Waals surface area contributed by atoms with Gasteiger partial charge < -0.3 is 15.7 Å². The maximum atomic E-state index is 11.6. The van der Waals surface area contributed by atoms with E-state index in [1.54, 1.807) is 0 Å². The van der Waals surface area contributed by atoms with Crippen LogP contribution in [0.15, 0.2) is 0 Å². The largest absolute Gasteiger partial charge is 0.396 e. The molecule has 0 spiro atoms. The minimum Gasteiger partial charge on any atom is -0.396 e. The number of hydrogen-bond donors (Lipinski definition) is 3. The summed E-state index contributed by atoms with van der Waals surface area (Å²) in [5, 5.41) is 15.1. The van der Waals surface area contributed by atoms with Crippen LogP contribution in [0.4, 0.5) is 0 Å². The fourth-order valence-corrected chi connectivity index (χ4v) is 2.98. The molecular formula is C12H22N2O2. The third-order valence-electron chi connectivity index (χ3n) is 3.70. The summed E-state index contributed by atoms with van der Waals surface area (Å²) in [6, 6.07) is 1.32. The monoisotopic (exact) mass is 226 g/mol. The lowest BCUT2D eigenvalue weighted by Crippen LogP contribution is -2.39. The topological polar surface area (TPSA) is 61.4 Å². The highest BCUT2D eigenvalue weighted by molar-refractivity contribution is 5.76. The summed E-state index contributed by atoms with van der Waals surface area (Å²) in [4.78, 5) is 11.6. The SMILES string of the molecule is O=C(CC1CC2CCC(C1)N2)NCCCO. The van der Waals surface area contributed by atoms with Gasteiger partial charge in [-0.25, -0.2) is 0 Å². The summed E-state index contributed by atoms with van der Waals surface area (Å²) in [6.07, 6.45) is 6.21. The number of rotatable bonds is 5. The first-order valence-electron chi connectivity index (χ1n) is 6.41. The molecule has 2 bridgehead atoms.